The number of carbonyl (C=O) groups excluding carboxylic acids is 3. The fourth-order valence-corrected chi connectivity index (χ4v) is 9.18. The van der Waals surface area contributed by atoms with E-state index in [-0.39, 0.29) is 31.1 Å². The van der Waals surface area contributed by atoms with Gasteiger partial charge in [-0.2, -0.15) is 0 Å². The number of carbonyl (C=O) groups is 3. The highest BCUT2D eigenvalue weighted by Crippen LogP contribution is 2.19. The maximum Gasteiger partial charge on any atom is 0.306 e. The van der Waals surface area contributed by atoms with Gasteiger partial charge in [-0.3, -0.25) is 14.4 Å². The highest BCUT2D eigenvalue weighted by Gasteiger charge is 2.19. The minimum atomic E-state index is -0.764. The van der Waals surface area contributed by atoms with E-state index in [1.165, 1.54) is 212 Å². The van der Waals surface area contributed by atoms with Gasteiger partial charge in [-0.25, -0.2) is 0 Å². The van der Waals surface area contributed by atoms with Crippen LogP contribution in [0.2, 0.25) is 0 Å². The van der Waals surface area contributed by atoms with E-state index in [1.807, 2.05) is 0 Å². The van der Waals surface area contributed by atoms with Crippen LogP contribution >= 0.6 is 0 Å². The molecular weight excluding hydrogens is 817 g/mol. The molecule has 0 N–H and O–H groups in total. The maximum absolute atomic E-state index is 12.8. The highest BCUT2D eigenvalue weighted by molar-refractivity contribution is 5.71. The van der Waals surface area contributed by atoms with E-state index in [2.05, 4.69) is 41.5 Å². The predicted molar refractivity (Wildman–Crippen MR) is 284 cm³/mol. The zero-order valence-electron chi connectivity index (χ0n) is 45.5. The largest absolute Gasteiger partial charge is 0.462 e. The van der Waals surface area contributed by atoms with Gasteiger partial charge in [0, 0.05) is 19.3 Å². The van der Waals surface area contributed by atoms with E-state index < -0.39 is 6.10 Å². The molecule has 0 saturated heterocycles. The molecule has 0 radical (unpaired) electrons. The molecule has 0 spiro atoms. The third kappa shape index (κ3) is 53.4. The summed E-state index contributed by atoms with van der Waals surface area (Å²) in [6.45, 7) is 13.7. The first kappa shape index (κ1) is 64.4. The molecular formula is C60H116O6. The third-order valence-electron chi connectivity index (χ3n) is 13.6. The molecule has 1 atom stereocenters. The summed E-state index contributed by atoms with van der Waals surface area (Å²) in [4.78, 5) is 38.1. The second-order valence-corrected chi connectivity index (χ2v) is 22.1. The van der Waals surface area contributed by atoms with Crippen LogP contribution in [0.5, 0.6) is 0 Å². The molecule has 0 heterocycles. The molecule has 6 nitrogen and oxygen atoms in total. The van der Waals surface area contributed by atoms with E-state index in [0.29, 0.717) is 19.3 Å². The molecule has 392 valence electrons. The Morgan fingerprint density at radius 2 is 0.439 bits per heavy atom. The number of esters is 3. The van der Waals surface area contributed by atoms with Crippen LogP contribution in [0.1, 0.15) is 330 Å². The summed E-state index contributed by atoms with van der Waals surface area (Å²) in [6, 6.07) is 0. The van der Waals surface area contributed by atoms with Crippen molar-refractivity contribution in [1.29, 1.82) is 0 Å². The zero-order chi connectivity index (χ0) is 48.4. The van der Waals surface area contributed by atoms with Crippen molar-refractivity contribution in [2.75, 3.05) is 13.2 Å². The molecule has 0 amide bonds. The molecule has 0 aliphatic carbocycles. The lowest BCUT2D eigenvalue weighted by Gasteiger charge is -2.18. The lowest BCUT2D eigenvalue weighted by molar-refractivity contribution is -0.167. The van der Waals surface area contributed by atoms with Gasteiger partial charge < -0.3 is 14.2 Å². The molecule has 6 heteroatoms. The fraction of sp³-hybridized carbons (Fsp3) is 0.950. The van der Waals surface area contributed by atoms with Gasteiger partial charge in [0.1, 0.15) is 13.2 Å². The van der Waals surface area contributed by atoms with Crippen LogP contribution < -0.4 is 0 Å². The molecule has 0 bridgehead atoms. The molecule has 0 saturated carbocycles. The molecule has 0 fully saturated rings. The second kappa shape index (κ2) is 51.3. The number of ether oxygens (including phenoxy) is 3. The van der Waals surface area contributed by atoms with Crippen LogP contribution in [-0.4, -0.2) is 37.2 Å². The summed E-state index contributed by atoms with van der Waals surface area (Å²) in [6.07, 6.45) is 53.9. The van der Waals surface area contributed by atoms with Crippen LogP contribution in [0.25, 0.3) is 0 Å². The SMILES string of the molecule is CC(C)CCCCCCCCCCCCCCCCCCCCC(=O)OC[C@H](COC(=O)CCCCCCCCCCCCCCCC(C)C)OC(=O)CCCCCCCCCCC(C)C. The Hall–Kier alpha value is -1.59. The summed E-state index contributed by atoms with van der Waals surface area (Å²) in [7, 11) is 0. The number of hydrogen-bond acceptors (Lipinski definition) is 6. The molecule has 0 aromatic rings. The topological polar surface area (TPSA) is 78.9 Å². The van der Waals surface area contributed by atoms with E-state index in [0.717, 1.165) is 75.5 Å². The van der Waals surface area contributed by atoms with Crippen LogP contribution in [0.3, 0.4) is 0 Å². The number of unbranched alkanes of at least 4 members (excludes halogenated alkanes) is 36. The summed E-state index contributed by atoms with van der Waals surface area (Å²) in [5.41, 5.74) is 0. The highest BCUT2D eigenvalue weighted by atomic mass is 16.6. The van der Waals surface area contributed by atoms with Crippen molar-refractivity contribution in [2.24, 2.45) is 17.8 Å². The van der Waals surface area contributed by atoms with Crippen molar-refractivity contribution >= 4 is 17.9 Å². The Kier molecular flexibility index (Phi) is 50.0. The average Bonchev–Trinajstić information content (AvgIpc) is 3.28. The summed E-state index contributed by atoms with van der Waals surface area (Å²) in [5.74, 6) is 1.65. The molecule has 0 rings (SSSR count). The maximum atomic E-state index is 12.8. The smallest absolute Gasteiger partial charge is 0.306 e. The van der Waals surface area contributed by atoms with Crippen molar-refractivity contribution in [1.82, 2.24) is 0 Å². The van der Waals surface area contributed by atoms with Crippen molar-refractivity contribution in [3.05, 3.63) is 0 Å². The van der Waals surface area contributed by atoms with Crippen LogP contribution in [0.4, 0.5) is 0 Å². The van der Waals surface area contributed by atoms with Gasteiger partial charge in [-0.15, -0.1) is 0 Å². The van der Waals surface area contributed by atoms with Gasteiger partial charge in [0.25, 0.3) is 0 Å². The first-order valence-corrected chi connectivity index (χ1v) is 29.6. The van der Waals surface area contributed by atoms with Gasteiger partial charge in [0.2, 0.25) is 0 Å². The van der Waals surface area contributed by atoms with Crippen molar-refractivity contribution in [2.45, 2.75) is 337 Å². The first-order chi connectivity index (χ1) is 32.1. The number of rotatable bonds is 53. The Balaban J connectivity index is 4.21. The van der Waals surface area contributed by atoms with Crippen molar-refractivity contribution < 1.29 is 28.6 Å². The summed E-state index contributed by atoms with van der Waals surface area (Å²) >= 11 is 0. The minimum absolute atomic E-state index is 0.0638. The Labute approximate surface area is 412 Å². The molecule has 0 aromatic carbocycles. The first-order valence-electron chi connectivity index (χ1n) is 29.6. The van der Waals surface area contributed by atoms with Crippen LogP contribution in [0.15, 0.2) is 0 Å². The molecule has 0 unspecified atom stereocenters. The second-order valence-electron chi connectivity index (χ2n) is 22.1. The molecule has 66 heavy (non-hydrogen) atoms. The van der Waals surface area contributed by atoms with Crippen molar-refractivity contribution in [3.8, 4) is 0 Å². The molecule has 0 aromatic heterocycles. The number of hydrogen-bond donors (Lipinski definition) is 0. The van der Waals surface area contributed by atoms with E-state index in [9.17, 15) is 14.4 Å². The zero-order valence-corrected chi connectivity index (χ0v) is 45.5. The normalized spacial score (nSPS) is 12.1. The Morgan fingerprint density at radius 3 is 0.652 bits per heavy atom. The molecule has 0 aliphatic heterocycles. The van der Waals surface area contributed by atoms with E-state index in [4.69, 9.17) is 14.2 Å². The molecule has 0 aliphatic rings. The average molecular weight is 934 g/mol. The monoisotopic (exact) mass is 933 g/mol. The minimum Gasteiger partial charge on any atom is -0.462 e. The lowest BCUT2D eigenvalue weighted by Crippen LogP contribution is -2.30. The fourth-order valence-electron chi connectivity index (χ4n) is 9.18. The Bertz CT molecular complexity index is 1020. The van der Waals surface area contributed by atoms with Gasteiger partial charge in [0.05, 0.1) is 0 Å². The Morgan fingerprint density at radius 1 is 0.258 bits per heavy atom. The van der Waals surface area contributed by atoms with E-state index in [1.54, 1.807) is 0 Å². The summed E-state index contributed by atoms with van der Waals surface area (Å²) in [5, 5.41) is 0. The van der Waals surface area contributed by atoms with E-state index >= 15 is 0 Å². The lowest BCUT2D eigenvalue weighted by atomic mass is 10.0. The predicted octanol–water partition coefficient (Wildman–Crippen LogP) is 19.5. The van der Waals surface area contributed by atoms with Gasteiger partial charge in [0.15, 0.2) is 6.10 Å². The van der Waals surface area contributed by atoms with Gasteiger partial charge >= 0.3 is 17.9 Å². The van der Waals surface area contributed by atoms with Crippen LogP contribution in [0, 0.1) is 17.8 Å². The summed E-state index contributed by atoms with van der Waals surface area (Å²) < 4.78 is 16.9. The van der Waals surface area contributed by atoms with Gasteiger partial charge in [-0.05, 0) is 37.0 Å². The van der Waals surface area contributed by atoms with Crippen LogP contribution in [-0.2, 0) is 28.6 Å². The van der Waals surface area contributed by atoms with Gasteiger partial charge in [-0.1, -0.05) is 292 Å². The quantitative estimate of drug-likeness (QED) is 0.0343. The standard InChI is InChI=1S/C60H116O6/c1-54(2)46-40-34-28-22-18-14-11-9-7-8-10-12-16-20-24-31-37-43-49-58(61)64-52-57(66-60(63)51-45-39-33-27-26-30-36-42-48-56(5)6)53-65-59(62)50-44-38-32-25-21-17-13-15-19-23-29-35-41-47-55(3)4/h54-57H,7-53H2,1-6H3/t57-/m1/s1. The third-order valence-corrected chi connectivity index (χ3v) is 13.6. The van der Waals surface area contributed by atoms with Crippen molar-refractivity contribution in [3.63, 3.8) is 0 Å².